The first-order chi connectivity index (χ1) is 9.06. The van der Waals surface area contributed by atoms with Crippen molar-refractivity contribution in [3.05, 3.63) is 28.8 Å². The van der Waals surface area contributed by atoms with Crippen molar-refractivity contribution in [2.24, 2.45) is 5.92 Å². The third-order valence-corrected chi connectivity index (χ3v) is 3.73. The molecule has 1 heterocycles. The number of ether oxygens (including phenoxy) is 1. The monoisotopic (exact) mass is 281 g/mol. The van der Waals surface area contributed by atoms with E-state index >= 15 is 0 Å². The predicted molar refractivity (Wildman–Crippen MR) is 76.7 cm³/mol. The molecule has 1 aliphatic rings. The van der Waals surface area contributed by atoms with E-state index in [0.29, 0.717) is 10.9 Å². The van der Waals surface area contributed by atoms with Gasteiger partial charge in [0.25, 0.3) is 5.91 Å². The number of aryl methyl sites for hydroxylation is 1. The molecule has 2 rings (SSSR count). The summed E-state index contributed by atoms with van der Waals surface area (Å²) in [6.07, 6.45) is 2.30. The fraction of sp³-hybridized carbons (Fsp3) is 0.533. The van der Waals surface area contributed by atoms with E-state index in [-0.39, 0.29) is 12.5 Å². The molecule has 104 valence electrons. The van der Waals surface area contributed by atoms with Crippen molar-refractivity contribution in [2.45, 2.75) is 26.7 Å². The van der Waals surface area contributed by atoms with Crippen LogP contribution in [0.3, 0.4) is 0 Å². The van der Waals surface area contributed by atoms with E-state index in [2.05, 4.69) is 6.92 Å². The molecular weight excluding hydrogens is 262 g/mol. The van der Waals surface area contributed by atoms with Gasteiger partial charge in [-0.3, -0.25) is 4.79 Å². The average Bonchev–Trinajstić information content (AvgIpc) is 2.37. The minimum Gasteiger partial charge on any atom is -0.483 e. The Balaban J connectivity index is 1.89. The first-order valence-electron chi connectivity index (χ1n) is 6.73. The minimum atomic E-state index is 0.0703. The maximum Gasteiger partial charge on any atom is 0.260 e. The number of nitrogens with zero attached hydrogens (tertiary/aromatic N) is 1. The summed E-state index contributed by atoms with van der Waals surface area (Å²) in [6.45, 7) is 5.92. The van der Waals surface area contributed by atoms with E-state index in [9.17, 15) is 4.79 Å². The molecule has 4 heteroatoms. The number of rotatable bonds is 3. The third-order valence-electron chi connectivity index (χ3n) is 3.50. The highest BCUT2D eigenvalue weighted by atomic mass is 35.5. The first-order valence-corrected chi connectivity index (χ1v) is 7.11. The van der Waals surface area contributed by atoms with Crippen molar-refractivity contribution in [1.29, 1.82) is 0 Å². The Bertz CT molecular complexity index is 461. The Kier molecular flexibility index (Phi) is 4.70. The predicted octanol–water partition coefficient (Wildman–Crippen LogP) is 3.29. The van der Waals surface area contributed by atoms with Gasteiger partial charge in [0.05, 0.1) is 0 Å². The van der Waals surface area contributed by atoms with E-state index in [1.165, 1.54) is 6.42 Å². The van der Waals surface area contributed by atoms with Crippen molar-refractivity contribution < 1.29 is 9.53 Å². The van der Waals surface area contributed by atoms with Crippen LogP contribution in [0.5, 0.6) is 5.75 Å². The molecule has 1 aromatic carbocycles. The summed E-state index contributed by atoms with van der Waals surface area (Å²) in [5.41, 5.74) is 0.951. The maximum absolute atomic E-state index is 12.1. The average molecular weight is 282 g/mol. The standard InChI is InChI=1S/C15H20ClNO2/c1-11-4-3-7-17(9-11)15(18)10-19-14-6-5-13(16)8-12(14)2/h5-6,8,11H,3-4,7,9-10H2,1-2H3. The van der Waals surface area contributed by atoms with Crippen LogP contribution in [0.2, 0.25) is 5.02 Å². The smallest absolute Gasteiger partial charge is 0.260 e. The number of likely N-dealkylation sites (tertiary alicyclic amines) is 1. The third kappa shape index (κ3) is 3.87. The largest absolute Gasteiger partial charge is 0.483 e. The van der Waals surface area contributed by atoms with Crippen LogP contribution in [0.4, 0.5) is 0 Å². The van der Waals surface area contributed by atoms with Gasteiger partial charge in [-0.05, 0) is 49.4 Å². The molecular formula is C15H20ClNO2. The fourth-order valence-electron chi connectivity index (χ4n) is 2.42. The number of carbonyl (C=O) groups excluding carboxylic acids is 1. The summed E-state index contributed by atoms with van der Waals surface area (Å²) in [7, 11) is 0. The quantitative estimate of drug-likeness (QED) is 0.851. The van der Waals surface area contributed by atoms with Gasteiger partial charge in [-0.1, -0.05) is 18.5 Å². The van der Waals surface area contributed by atoms with Gasteiger partial charge in [0.2, 0.25) is 0 Å². The van der Waals surface area contributed by atoms with E-state index < -0.39 is 0 Å². The molecule has 19 heavy (non-hydrogen) atoms. The van der Waals surface area contributed by atoms with Crippen molar-refractivity contribution >= 4 is 17.5 Å². The normalized spacial score (nSPS) is 19.3. The Morgan fingerprint density at radius 3 is 3.00 bits per heavy atom. The lowest BCUT2D eigenvalue weighted by Crippen LogP contribution is -2.41. The van der Waals surface area contributed by atoms with Gasteiger partial charge in [0, 0.05) is 18.1 Å². The Morgan fingerprint density at radius 2 is 2.32 bits per heavy atom. The zero-order valence-electron chi connectivity index (χ0n) is 11.5. The zero-order valence-corrected chi connectivity index (χ0v) is 12.2. The highest BCUT2D eigenvalue weighted by Gasteiger charge is 2.21. The highest BCUT2D eigenvalue weighted by molar-refractivity contribution is 6.30. The van der Waals surface area contributed by atoms with Crippen molar-refractivity contribution in [3.63, 3.8) is 0 Å². The molecule has 0 spiro atoms. The summed E-state index contributed by atoms with van der Waals surface area (Å²) in [6, 6.07) is 5.42. The topological polar surface area (TPSA) is 29.5 Å². The second-order valence-electron chi connectivity index (χ2n) is 5.29. The summed E-state index contributed by atoms with van der Waals surface area (Å²) >= 11 is 5.89. The Morgan fingerprint density at radius 1 is 1.53 bits per heavy atom. The van der Waals surface area contributed by atoms with Crippen molar-refractivity contribution in [3.8, 4) is 5.75 Å². The molecule has 1 unspecified atom stereocenters. The van der Waals surface area contributed by atoms with Gasteiger partial charge in [0.15, 0.2) is 6.61 Å². The van der Waals surface area contributed by atoms with E-state index in [4.69, 9.17) is 16.3 Å². The fourth-order valence-corrected chi connectivity index (χ4v) is 2.65. The summed E-state index contributed by atoms with van der Waals surface area (Å²) in [5, 5.41) is 0.682. The lowest BCUT2D eigenvalue weighted by Gasteiger charge is -2.30. The van der Waals surface area contributed by atoms with Crippen LogP contribution in [0.15, 0.2) is 18.2 Å². The Hall–Kier alpha value is -1.22. The second-order valence-corrected chi connectivity index (χ2v) is 5.72. The van der Waals surface area contributed by atoms with Crippen LogP contribution in [-0.2, 0) is 4.79 Å². The molecule has 0 aliphatic carbocycles. The number of carbonyl (C=O) groups is 1. The highest BCUT2D eigenvalue weighted by Crippen LogP contribution is 2.22. The molecule has 0 radical (unpaired) electrons. The van der Waals surface area contributed by atoms with Crippen LogP contribution in [0.1, 0.15) is 25.3 Å². The molecule has 1 atom stereocenters. The van der Waals surface area contributed by atoms with Crippen LogP contribution in [0.25, 0.3) is 0 Å². The van der Waals surface area contributed by atoms with Gasteiger partial charge in [-0.2, -0.15) is 0 Å². The van der Waals surface area contributed by atoms with Crippen molar-refractivity contribution in [2.75, 3.05) is 19.7 Å². The molecule has 1 aromatic rings. The SMILES string of the molecule is Cc1cc(Cl)ccc1OCC(=O)N1CCCC(C)C1. The lowest BCUT2D eigenvalue weighted by molar-refractivity contribution is -0.135. The van der Waals surface area contributed by atoms with Crippen LogP contribution in [0, 0.1) is 12.8 Å². The number of amides is 1. The van der Waals surface area contributed by atoms with Gasteiger partial charge >= 0.3 is 0 Å². The van der Waals surface area contributed by atoms with Crippen LogP contribution < -0.4 is 4.74 Å². The zero-order chi connectivity index (χ0) is 13.8. The van der Waals surface area contributed by atoms with E-state index in [0.717, 1.165) is 30.8 Å². The number of piperidine rings is 1. The molecule has 0 N–H and O–H groups in total. The maximum atomic E-state index is 12.1. The molecule has 0 saturated carbocycles. The van der Waals surface area contributed by atoms with Gasteiger partial charge < -0.3 is 9.64 Å². The molecule has 1 aliphatic heterocycles. The molecule has 3 nitrogen and oxygen atoms in total. The van der Waals surface area contributed by atoms with Gasteiger partial charge in [0.1, 0.15) is 5.75 Å². The van der Waals surface area contributed by atoms with Crippen molar-refractivity contribution in [1.82, 2.24) is 4.90 Å². The van der Waals surface area contributed by atoms with Crippen LogP contribution in [-0.4, -0.2) is 30.5 Å². The molecule has 1 amide bonds. The van der Waals surface area contributed by atoms with E-state index in [1.54, 1.807) is 6.07 Å². The Labute approximate surface area is 119 Å². The summed E-state index contributed by atoms with van der Waals surface area (Å²) in [4.78, 5) is 14.0. The van der Waals surface area contributed by atoms with Crippen LogP contribution >= 0.6 is 11.6 Å². The minimum absolute atomic E-state index is 0.0703. The number of hydrogen-bond donors (Lipinski definition) is 0. The lowest BCUT2D eigenvalue weighted by atomic mass is 10.0. The van der Waals surface area contributed by atoms with Gasteiger partial charge in [-0.15, -0.1) is 0 Å². The van der Waals surface area contributed by atoms with E-state index in [1.807, 2.05) is 24.0 Å². The summed E-state index contributed by atoms with van der Waals surface area (Å²) in [5.74, 6) is 1.39. The molecule has 1 fully saturated rings. The second kappa shape index (κ2) is 6.29. The molecule has 0 aromatic heterocycles. The molecule has 1 saturated heterocycles. The number of halogens is 1. The number of benzene rings is 1. The first kappa shape index (κ1) is 14.2. The molecule has 0 bridgehead atoms. The summed E-state index contributed by atoms with van der Waals surface area (Å²) < 4.78 is 5.59. The van der Waals surface area contributed by atoms with Gasteiger partial charge in [-0.25, -0.2) is 0 Å². The number of hydrogen-bond acceptors (Lipinski definition) is 2.